The van der Waals surface area contributed by atoms with Gasteiger partial charge in [0, 0.05) is 34.8 Å². The molecule has 7 heteroatoms. The first-order valence-electron chi connectivity index (χ1n) is 7.51. The summed E-state index contributed by atoms with van der Waals surface area (Å²) in [6, 6.07) is 5.15. The summed E-state index contributed by atoms with van der Waals surface area (Å²) in [5, 5.41) is 13.8. The molecular formula is C15H18IN3O3. The number of nitro benzene ring substituents is 1. The van der Waals surface area contributed by atoms with E-state index in [1.807, 2.05) is 22.6 Å². The molecule has 1 aliphatic heterocycles. The van der Waals surface area contributed by atoms with Crippen molar-refractivity contribution < 1.29 is 9.72 Å². The number of likely N-dealkylation sites (tertiary alicyclic amines) is 1. The Bertz CT molecular complexity index is 604. The Balaban J connectivity index is 1.57. The van der Waals surface area contributed by atoms with Gasteiger partial charge in [0.2, 0.25) is 0 Å². The van der Waals surface area contributed by atoms with Gasteiger partial charge < -0.3 is 10.2 Å². The number of halogens is 1. The van der Waals surface area contributed by atoms with Crippen LogP contribution >= 0.6 is 22.6 Å². The molecule has 3 rings (SSSR count). The number of rotatable bonds is 5. The summed E-state index contributed by atoms with van der Waals surface area (Å²) in [5.74, 6) is 0.263. The molecule has 6 nitrogen and oxygen atoms in total. The first-order chi connectivity index (χ1) is 10.5. The van der Waals surface area contributed by atoms with Crippen LogP contribution in [0.1, 0.15) is 29.6 Å². The summed E-state index contributed by atoms with van der Waals surface area (Å²) in [6.45, 7) is 2.82. The van der Waals surface area contributed by atoms with Crippen LogP contribution in [0, 0.1) is 19.6 Å². The molecule has 1 atom stereocenters. The molecule has 1 heterocycles. The third-order valence-electron chi connectivity index (χ3n) is 4.34. The maximum absolute atomic E-state index is 12.3. The van der Waals surface area contributed by atoms with Crippen LogP contribution in [0.25, 0.3) is 0 Å². The Morgan fingerprint density at radius 1 is 1.41 bits per heavy atom. The number of nitrogens with one attached hydrogen (secondary N) is 1. The molecule has 2 fully saturated rings. The number of nitro groups is 1. The van der Waals surface area contributed by atoms with E-state index in [4.69, 9.17) is 0 Å². The van der Waals surface area contributed by atoms with Crippen molar-refractivity contribution in [3.8, 4) is 0 Å². The highest BCUT2D eigenvalue weighted by Crippen LogP contribution is 2.31. The Labute approximate surface area is 142 Å². The van der Waals surface area contributed by atoms with E-state index in [2.05, 4.69) is 10.2 Å². The standard InChI is InChI=1S/C15H18IN3O3/c16-14-4-3-12(19(21)22)7-13(14)15(20)17-8-10-5-6-18(9-10)11-1-2-11/h3-4,7,10-11H,1-2,5-6,8-9H2,(H,17,20). The van der Waals surface area contributed by atoms with Gasteiger partial charge in [-0.1, -0.05) is 0 Å². The molecule has 22 heavy (non-hydrogen) atoms. The van der Waals surface area contributed by atoms with E-state index in [-0.39, 0.29) is 11.6 Å². The zero-order valence-corrected chi connectivity index (χ0v) is 14.3. The number of benzene rings is 1. The van der Waals surface area contributed by atoms with Gasteiger partial charge in [0.25, 0.3) is 11.6 Å². The molecule has 0 spiro atoms. The number of hydrogen-bond donors (Lipinski definition) is 1. The molecule has 2 aliphatic rings. The predicted octanol–water partition coefficient (Wildman–Crippen LogP) is 2.41. The minimum absolute atomic E-state index is 0.0497. The molecule has 1 aromatic rings. The van der Waals surface area contributed by atoms with Gasteiger partial charge in [-0.05, 0) is 60.4 Å². The van der Waals surface area contributed by atoms with Crippen molar-refractivity contribution in [3.63, 3.8) is 0 Å². The maximum atomic E-state index is 12.3. The summed E-state index contributed by atoms with van der Waals surface area (Å²) >= 11 is 2.03. The summed E-state index contributed by atoms with van der Waals surface area (Å²) in [6.07, 6.45) is 3.73. The lowest BCUT2D eigenvalue weighted by Gasteiger charge is -2.15. The van der Waals surface area contributed by atoms with Crippen molar-refractivity contribution in [3.05, 3.63) is 37.4 Å². The second kappa shape index (κ2) is 6.49. The Kier molecular flexibility index (Phi) is 4.62. The molecule has 1 aromatic carbocycles. The number of carbonyl (C=O) groups excluding carboxylic acids is 1. The first-order valence-corrected chi connectivity index (χ1v) is 8.58. The van der Waals surface area contributed by atoms with Gasteiger partial charge in [-0.25, -0.2) is 0 Å². The fourth-order valence-corrected chi connectivity index (χ4v) is 3.51. The van der Waals surface area contributed by atoms with Gasteiger partial charge in [-0.2, -0.15) is 0 Å². The molecule has 0 aromatic heterocycles. The second-order valence-corrected chi connectivity index (χ2v) is 7.17. The summed E-state index contributed by atoms with van der Waals surface area (Å²) in [4.78, 5) is 25.1. The Morgan fingerprint density at radius 2 is 2.18 bits per heavy atom. The van der Waals surface area contributed by atoms with Gasteiger partial charge in [0.05, 0.1) is 10.5 Å². The molecule has 0 radical (unpaired) electrons. The van der Waals surface area contributed by atoms with Gasteiger partial charge >= 0.3 is 0 Å². The van der Waals surface area contributed by atoms with E-state index < -0.39 is 4.92 Å². The minimum atomic E-state index is -0.475. The lowest BCUT2D eigenvalue weighted by atomic mass is 10.1. The van der Waals surface area contributed by atoms with E-state index in [0.29, 0.717) is 18.0 Å². The second-order valence-electron chi connectivity index (χ2n) is 6.01. The molecule has 1 amide bonds. The van der Waals surface area contributed by atoms with E-state index in [0.717, 1.165) is 29.1 Å². The fourth-order valence-electron chi connectivity index (χ4n) is 2.93. The third-order valence-corrected chi connectivity index (χ3v) is 5.28. The zero-order chi connectivity index (χ0) is 15.7. The molecule has 0 bridgehead atoms. The molecule has 118 valence electrons. The van der Waals surface area contributed by atoms with Crippen LogP contribution < -0.4 is 5.32 Å². The highest BCUT2D eigenvalue weighted by atomic mass is 127. The lowest BCUT2D eigenvalue weighted by molar-refractivity contribution is -0.384. The van der Waals surface area contributed by atoms with Gasteiger partial charge in [0.15, 0.2) is 0 Å². The number of nitrogens with zero attached hydrogens (tertiary/aromatic N) is 2. The van der Waals surface area contributed by atoms with Crippen LogP contribution in [0.3, 0.4) is 0 Å². The smallest absolute Gasteiger partial charge is 0.270 e. The SMILES string of the molecule is O=C(NCC1CCN(C2CC2)C1)c1cc([N+](=O)[O-])ccc1I. The van der Waals surface area contributed by atoms with Crippen molar-refractivity contribution in [2.45, 2.75) is 25.3 Å². The Hall–Kier alpha value is -1.22. The van der Waals surface area contributed by atoms with Crippen molar-refractivity contribution in [2.24, 2.45) is 5.92 Å². The largest absolute Gasteiger partial charge is 0.352 e. The van der Waals surface area contributed by atoms with Crippen LogP contribution in [0.15, 0.2) is 18.2 Å². The van der Waals surface area contributed by atoms with Gasteiger partial charge in [-0.15, -0.1) is 0 Å². The van der Waals surface area contributed by atoms with Crippen molar-refractivity contribution in [1.82, 2.24) is 10.2 Å². The van der Waals surface area contributed by atoms with E-state index >= 15 is 0 Å². The molecule has 1 unspecified atom stereocenters. The number of hydrogen-bond acceptors (Lipinski definition) is 4. The summed E-state index contributed by atoms with van der Waals surface area (Å²) in [7, 11) is 0. The maximum Gasteiger partial charge on any atom is 0.270 e. The monoisotopic (exact) mass is 415 g/mol. The van der Waals surface area contributed by atoms with Crippen LogP contribution in [0.4, 0.5) is 5.69 Å². The van der Waals surface area contributed by atoms with Crippen LogP contribution in [-0.4, -0.2) is 41.4 Å². The average molecular weight is 415 g/mol. The Morgan fingerprint density at radius 3 is 2.86 bits per heavy atom. The molecule has 1 saturated heterocycles. The van der Waals surface area contributed by atoms with Crippen molar-refractivity contribution in [2.75, 3.05) is 19.6 Å². The average Bonchev–Trinajstić information content (AvgIpc) is 3.24. The highest BCUT2D eigenvalue weighted by Gasteiger charge is 2.34. The summed E-state index contributed by atoms with van der Waals surface area (Å²) in [5.41, 5.74) is 0.332. The highest BCUT2D eigenvalue weighted by molar-refractivity contribution is 14.1. The van der Waals surface area contributed by atoms with Crippen LogP contribution in [0.2, 0.25) is 0 Å². The normalized spacial score (nSPS) is 21.8. The third kappa shape index (κ3) is 3.57. The molecule has 1 aliphatic carbocycles. The van der Waals surface area contributed by atoms with Crippen molar-refractivity contribution in [1.29, 1.82) is 0 Å². The van der Waals surface area contributed by atoms with Gasteiger partial charge in [0.1, 0.15) is 0 Å². The zero-order valence-electron chi connectivity index (χ0n) is 12.1. The quantitative estimate of drug-likeness (QED) is 0.456. The van der Waals surface area contributed by atoms with Crippen LogP contribution in [0.5, 0.6) is 0 Å². The van der Waals surface area contributed by atoms with E-state index in [9.17, 15) is 14.9 Å². The molecule has 1 saturated carbocycles. The van der Waals surface area contributed by atoms with Crippen molar-refractivity contribution >= 4 is 34.2 Å². The predicted molar refractivity (Wildman–Crippen MR) is 90.8 cm³/mol. The molecular weight excluding hydrogens is 397 g/mol. The number of carbonyl (C=O) groups is 1. The first kappa shape index (κ1) is 15.7. The lowest BCUT2D eigenvalue weighted by Crippen LogP contribution is -2.31. The fraction of sp³-hybridized carbons (Fsp3) is 0.533. The van der Waals surface area contributed by atoms with Gasteiger partial charge in [-0.3, -0.25) is 14.9 Å². The topological polar surface area (TPSA) is 75.5 Å². The number of non-ortho nitro benzene ring substituents is 1. The van der Waals surface area contributed by atoms with Crippen LogP contribution in [-0.2, 0) is 0 Å². The molecule has 1 N–H and O–H groups in total. The number of amides is 1. The van der Waals surface area contributed by atoms with E-state index in [1.165, 1.54) is 25.0 Å². The summed E-state index contributed by atoms with van der Waals surface area (Å²) < 4.78 is 0.728. The minimum Gasteiger partial charge on any atom is -0.352 e. The van der Waals surface area contributed by atoms with E-state index in [1.54, 1.807) is 6.07 Å².